The first-order valence-corrected chi connectivity index (χ1v) is 5.40. The van der Waals surface area contributed by atoms with Crippen LogP contribution in [0.3, 0.4) is 0 Å². The molecule has 0 amide bonds. The van der Waals surface area contributed by atoms with Crippen LogP contribution in [0.4, 0.5) is 0 Å². The summed E-state index contributed by atoms with van der Waals surface area (Å²) in [7, 11) is 0. The van der Waals surface area contributed by atoms with Crippen molar-refractivity contribution in [3.05, 3.63) is 0 Å². The molecular weight excluding hydrogens is 164 g/mol. The molecule has 1 unspecified atom stereocenters. The Labute approximate surface area is 80.1 Å². The molecular formula is C10H20N2O. The van der Waals surface area contributed by atoms with Gasteiger partial charge in [-0.05, 0) is 26.2 Å². The number of nitrogens with one attached hydrogen (secondary N) is 1. The lowest BCUT2D eigenvalue weighted by Gasteiger charge is -2.18. The minimum Gasteiger partial charge on any atom is -0.395 e. The van der Waals surface area contributed by atoms with Crippen LogP contribution in [-0.2, 0) is 0 Å². The van der Waals surface area contributed by atoms with E-state index in [1.165, 1.54) is 32.4 Å². The topological polar surface area (TPSA) is 35.5 Å². The fraction of sp³-hybridized carbons (Fsp3) is 1.00. The van der Waals surface area contributed by atoms with Gasteiger partial charge in [-0.1, -0.05) is 0 Å². The molecule has 0 aromatic carbocycles. The van der Waals surface area contributed by atoms with Gasteiger partial charge in [0.2, 0.25) is 0 Å². The van der Waals surface area contributed by atoms with Gasteiger partial charge in [0.25, 0.3) is 0 Å². The van der Waals surface area contributed by atoms with E-state index < -0.39 is 0 Å². The van der Waals surface area contributed by atoms with Crippen molar-refractivity contribution in [1.82, 2.24) is 10.2 Å². The molecule has 1 saturated heterocycles. The van der Waals surface area contributed by atoms with E-state index in [9.17, 15) is 0 Å². The van der Waals surface area contributed by atoms with E-state index in [-0.39, 0.29) is 12.6 Å². The van der Waals surface area contributed by atoms with Crippen LogP contribution < -0.4 is 5.32 Å². The van der Waals surface area contributed by atoms with E-state index in [1.807, 2.05) is 6.92 Å². The summed E-state index contributed by atoms with van der Waals surface area (Å²) < 4.78 is 0. The van der Waals surface area contributed by atoms with Crippen LogP contribution in [0.15, 0.2) is 0 Å². The molecule has 1 aliphatic heterocycles. The average Bonchev–Trinajstić information content (AvgIpc) is 2.88. The molecule has 2 aliphatic rings. The van der Waals surface area contributed by atoms with Gasteiger partial charge in [0.05, 0.1) is 6.61 Å². The normalized spacial score (nSPS) is 32.3. The van der Waals surface area contributed by atoms with E-state index in [4.69, 9.17) is 5.11 Å². The quantitative estimate of drug-likeness (QED) is 0.655. The van der Waals surface area contributed by atoms with Crippen LogP contribution in [0.25, 0.3) is 0 Å². The molecule has 1 heterocycles. The molecule has 1 saturated carbocycles. The highest BCUT2D eigenvalue weighted by atomic mass is 16.3. The lowest BCUT2D eigenvalue weighted by atomic mass is 10.2. The molecule has 0 radical (unpaired) electrons. The maximum absolute atomic E-state index is 8.91. The Morgan fingerprint density at radius 2 is 2.23 bits per heavy atom. The van der Waals surface area contributed by atoms with Gasteiger partial charge < -0.3 is 10.4 Å². The summed E-state index contributed by atoms with van der Waals surface area (Å²) in [6.07, 6.45) is 4.06. The first kappa shape index (κ1) is 9.44. The smallest absolute Gasteiger partial charge is 0.0582 e. The molecule has 2 fully saturated rings. The summed E-state index contributed by atoms with van der Waals surface area (Å²) in [5.74, 6) is 0. The van der Waals surface area contributed by atoms with Gasteiger partial charge in [-0.2, -0.15) is 0 Å². The fourth-order valence-corrected chi connectivity index (χ4v) is 2.15. The monoisotopic (exact) mass is 184 g/mol. The number of nitrogens with zero attached hydrogens (tertiary/aromatic N) is 1. The Kier molecular flexibility index (Phi) is 2.86. The zero-order chi connectivity index (χ0) is 9.26. The Balaban J connectivity index is 1.71. The predicted octanol–water partition coefficient (Wildman–Crippen LogP) is 0.193. The maximum atomic E-state index is 8.91. The number of aliphatic hydroxyl groups excluding tert-OH is 1. The van der Waals surface area contributed by atoms with Crippen LogP contribution in [0, 0.1) is 0 Å². The second-order valence-electron chi connectivity index (χ2n) is 4.46. The summed E-state index contributed by atoms with van der Waals surface area (Å²) in [6, 6.07) is 1.77. The maximum Gasteiger partial charge on any atom is 0.0582 e. The molecule has 0 aromatic rings. The van der Waals surface area contributed by atoms with Crippen LogP contribution in [0.5, 0.6) is 0 Å². The standard InChI is InChI=1S/C10H20N2O/c1-8(7-13)11-9-4-5-12(6-9)10-2-3-10/h8-11,13H,2-7H2,1H3/t8-,9?/m1/s1. The summed E-state index contributed by atoms with van der Waals surface area (Å²) in [5.41, 5.74) is 0. The first-order valence-electron chi connectivity index (χ1n) is 5.40. The molecule has 0 spiro atoms. The van der Waals surface area contributed by atoms with Crippen LogP contribution >= 0.6 is 0 Å². The van der Waals surface area contributed by atoms with Gasteiger partial charge in [-0.25, -0.2) is 0 Å². The largest absolute Gasteiger partial charge is 0.395 e. The average molecular weight is 184 g/mol. The first-order chi connectivity index (χ1) is 6.29. The van der Waals surface area contributed by atoms with E-state index >= 15 is 0 Å². The minimum atomic E-state index is 0.250. The molecule has 0 bridgehead atoms. The molecule has 13 heavy (non-hydrogen) atoms. The lowest BCUT2D eigenvalue weighted by molar-refractivity contribution is 0.237. The van der Waals surface area contributed by atoms with Crippen molar-refractivity contribution < 1.29 is 5.11 Å². The van der Waals surface area contributed by atoms with Gasteiger partial charge in [0.15, 0.2) is 0 Å². The predicted molar refractivity (Wildman–Crippen MR) is 52.7 cm³/mol. The third-order valence-electron chi connectivity index (χ3n) is 3.08. The van der Waals surface area contributed by atoms with E-state index in [2.05, 4.69) is 10.2 Å². The lowest BCUT2D eigenvalue weighted by Crippen LogP contribution is -2.40. The van der Waals surface area contributed by atoms with Crippen molar-refractivity contribution in [2.24, 2.45) is 0 Å². The number of hydrogen-bond acceptors (Lipinski definition) is 3. The molecule has 2 rings (SSSR count). The van der Waals surface area contributed by atoms with Gasteiger partial charge in [-0.15, -0.1) is 0 Å². The van der Waals surface area contributed by atoms with Gasteiger partial charge >= 0.3 is 0 Å². The number of rotatable bonds is 4. The van der Waals surface area contributed by atoms with E-state index in [0.717, 1.165) is 6.04 Å². The van der Waals surface area contributed by atoms with Crippen LogP contribution in [0.1, 0.15) is 26.2 Å². The van der Waals surface area contributed by atoms with Crippen LogP contribution in [0.2, 0.25) is 0 Å². The molecule has 1 aliphatic carbocycles. The molecule has 3 heteroatoms. The third kappa shape index (κ3) is 2.42. The highest BCUT2D eigenvalue weighted by molar-refractivity contribution is 4.92. The van der Waals surface area contributed by atoms with Crippen molar-refractivity contribution in [1.29, 1.82) is 0 Å². The van der Waals surface area contributed by atoms with Crippen molar-refractivity contribution in [3.8, 4) is 0 Å². The van der Waals surface area contributed by atoms with E-state index in [1.54, 1.807) is 0 Å². The summed E-state index contributed by atoms with van der Waals surface area (Å²) >= 11 is 0. The van der Waals surface area contributed by atoms with Crippen molar-refractivity contribution in [2.75, 3.05) is 19.7 Å². The highest BCUT2D eigenvalue weighted by Crippen LogP contribution is 2.29. The van der Waals surface area contributed by atoms with Crippen LogP contribution in [-0.4, -0.2) is 47.8 Å². The van der Waals surface area contributed by atoms with E-state index in [0.29, 0.717) is 6.04 Å². The summed E-state index contributed by atoms with van der Waals surface area (Å²) in [4.78, 5) is 2.59. The second-order valence-corrected chi connectivity index (χ2v) is 4.46. The summed E-state index contributed by atoms with van der Waals surface area (Å²) in [5, 5.41) is 12.4. The Morgan fingerprint density at radius 1 is 1.46 bits per heavy atom. The Morgan fingerprint density at radius 3 is 2.85 bits per heavy atom. The Bertz CT molecular complexity index is 170. The molecule has 3 nitrogen and oxygen atoms in total. The zero-order valence-electron chi connectivity index (χ0n) is 8.37. The third-order valence-corrected chi connectivity index (χ3v) is 3.08. The van der Waals surface area contributed by atoms with Crippen molar-refractivity contribution in [3.63, 3.8) is 0 Å². The Hall–Kier alpha value is -0.120. The zero-order valence-corrected chi connectivity index (χ0v) is 8.37. The van der Waals surface area contributed by atoms with Gasteiger partial charge in [0, 0.05) is 31.2 Å². The molecule has 0 aromatic heterocycles. The fourth-order valence-electron chi connectivity index (χ4n) is 2.15. The van der Waals surface area contributed by atoms with Gasteiger partial charge in [0.1, 0.15) is 0 Å². The molecule has 76 valence electrons. The number of likely N-dealkylation sites (tertiary alicyclic amines) is 1. The molecule has 2 N–H and O–H groups in total. The van der Waals surface area contributed by atoms with Gasteiger partial charge in [-0.3, -0.25) is 4.90 Å². The number of hydrogen-bond donors (Lipinski definition) is 2. The summed E-state index contributed by atoms with van der Waals surface area (Å²) in [6.45, 7) is 4.73. The number of aliphatic hydroxyl groups is 1. The van der Waals surface area contributed by atoms with Crippen molar-refractivity contribution in [2.45, 2.75) is 44.3 Å². The highest BCUT2D eigenvalue weighted by Gasteiger charge is 2.34. The second kappa shape index (κ2) is 3.95. The van der Waals surface area contributed by atoms with Crippen molar-refractivity contribution >= 4 is 0 Å². The SMILES string of the molecule is C[C@H](CO)NC1CCN(C2CC2)C1. The molecule has 2 atom stereocenters. The minimum absolute atomic E-state index is 0.250.